The molecule has 1 atom stereocenters. The number of ether oxygens (including phenoxy) is 1. The summed E-state index contributed by atoms with van der Waals surface area (Å²) in [7, 11) is 0. The Bertz CT molecular complexity index is 429. The van der Waals surface area contributed by atoms with E-state index in [2.05, 4.69) is 44.3 Å². The average Bonchev–Trinajstić information content (AvgIpc) is 3.17. The van der Waals surface area contributed by atoms with Crippen LogP contribution in [-0.4, -0.2) is 29.9 Å². The zero-order chi connectivity index (χ0) is 13.9. The van der Waals surface area contributed by atoms with Crippen LogP contribution in [0, 0.1) is 13.8 Å². The predicted octanol–water partition coefficient (Wildman–Crippen LogP) is 2.58. The monoisotopic (exact) mass is 263 g/mol. The molecule has 0 spiro atoms. The van der Waals surface area contributed by atoms with Gasteiger partial charge < -0.3 is 15.2 Å². The van der Waals surface area contributed by atoms with E-state index in [0.717, 1.165) is 17.7 Å². The van der Waals surface area contributed by atoms with Gasteiger partial charge in [0.15, 0.2) is 0 Å². The molecular formula is C16H25NO2. The van der Waals surface area contributed by atoms with Crippen LogP contribution in [0.5, 0.6) is 5.75 Å². The van der Waals surface area contributed by atoms with Crippen molar-refractivity contribution in [2.45, 2.75) is 51.6 Å². The first kappa shape index (κ1) is 14.4. The van der Waals surface area contributed by atoms with Crippen molar-refractivity contribution in [3.63, 3.8) is 0 Å². The smallest absolute Gasteiger partial charge is 0.122 e. The molecule has 0 radical (unpaired) electrons. The van der Waals surface area contributed by atoms with E-state index in [1.807, 2.05) is 0 Å². The average molecular weight is 263 g/mol. The largest absolute Gasteiger partial charge is 0.493 e. The topological polar surface area (TPSA) is 41.5 Å². The van der Waals surface area contributed by atoms with Crippen molar-refractivity contribution in [1.82, 2.24) is 5.32 Å². The van der Waals surface area contributed by atoms with Gasteiger partial charge in [-0.15, -0.1) is 0 Å². The fourth-order valence-corrected chi connectivity index (χ4v) is 2.17. The van der Waals surface area contributed by atoms with Gasteiger partial charge >= 0.3 is 0 Å². The van der Waals surface area contributed by atoms with E-state index in [1.54, 1.807) is 0 Å². The molecule has 0 aliphatic heterocycles. The molecule has 1 aliphatic rings. The number of aliphatic hydroxyl groups excluding tert-OH is 1. The lowest BCUT2D eigenvalue weighted by Crippen LogP contribution is -2.48. The normalized spacial score (nSPS) is 18.1. The van der Waals surface area contributed by atoms with Crippen molar-refractivity contribution >= 4 is 0 Å². The summed E-state index contributed by atoms with van der Waals surface area (Å²) in [6, 6.07) is 6.84. The summed E-state index contributed by atoms with van der Waals surface area (Å²) in [5.74, 6) is 0.951. The van der Waals surface area contributed by atoms with Crippen LogP contribution in [0.1, 0.15) is 37.3 Å². The predicted molar refractivity (Wildman–Crippen MR) is 77.7 cm³/mol. The number of hydrogen-bond donors (Lipinski definition) is 2. The Morgan fingerprint density at radius 2 is 2.11 bits per heavy atom. The molecule has 106 valence electrons. The zero-order valence-corrected chi connectivity index (χ0v) is 12.2. The molecule has 0 heterocycles. The van der Waals surface area contributed by atoms with Crippen LogP contribution < -0.4 is 10.1 Å². The van der Waals surface area contributed by atoms with Gasteiger partial charge in [0, 0.05) is 18.0 Å². The molecule has 0 aromatic heterocycles. The first-order chi connectivity index (χ1) is 9.02. The van der Waals surface area contributed by atoms with Crippen LogP contribution in [0.2, 0.25) is 0 Å². The highest BCUT2D eigenvalue weighted by atomic mass is 16.5. The van der Waals surface area contributed by atoms with Gasteiger partial charge in [-0.2, -0.15) is 0 Å². The van der Waals surface area contributed by atoms with E-state index in [-0.39, 0.29) is 12.1 Å². The fraction of sp³-hybridized carbons (Fsp3) is 0.625. The van der Waals surface area contributed by atoms with Crippen molar-refractivity contribution in [2.75, 3.05) is 13.2 Å². The van der Waals surface area contributed by atoms with E-state index >= 15 is 0 Å². The molecule has 2 rings (SSSR count). The Morgan fingerprint density at radius 1 is 1.37 bits per heavy atom. The molecule has 0 amide bonds. The SMILES string of the molecule is Cc1ccc(C)c(OCCC(C)(CO)NC2CC2)c1. The molecule has 1 aliphatic carbocycles. The van der Waals surface area contributed by atoms with E-state index in [4.69, 9.17) is 4.74 Å². The number of aliphatic hydroxyl groups is 1. The molecule has 1 aromatic carbocycles. The third-order valence-corrected chi connectivity index (χ3v) is 3.73. The lowest BCUT2D eigenvalue weighted by Gasteiger charge is -2.29. The highest BCUT2D eigenvalue weighted by molar-refractivity contribution is 5.35. The van der Waals surface area contributed by atoms with Crippen LogP contribution in [0.4, 0.5) is 0 Å². The highest BCUT2D eigenvalue weighted by Gasteiger charge is 2.31. The van der Waals surface area contributed by atoms with Gasteiger partial charge in [0.2, 0.25) is 0 Å². The van der Waals surface area contributed by atoms with E-state index in [9.17, 15) is 5.11 Å². The number of rotatable bonds is 7. The second kappa shape index (κ2) is 5.93. The summed E-state index contributed by atoms with van der Waals surface area (Å²) in [5, 5.41) is 13.0. The Morgan fingerprint density at radius 3 is 2.74 bits per heavy atom. The first-order valence-corrected chi connectivity index (χ1v) is 7.11. The van der Waals surface area contributed by atoms with E-state index in [1.165, 1.54) is 18.4 Å². The van der Waals surface area contributed by atoms with Crippen molar-refractivity contribution in [3.05, 3.63) is 29.3 Å². The molecule has 0 bridgehead atoms. The zero-order valence-electron chi connectivity index (χ0n) is 12.2. The Kier molecular flexibility index (Phi) is 4.48. The van der Waals surface area contributed by atoms with Crippen molar-refractivity contribution in [2.24, 2.45) is 0 Å². The van der Waals surface area contributed by atoms with E-state index < -0.39 is 0 Å². The third kappa shape index (κ3) is 4.22. The lowest BCUT2D eigenvalue weighted by molar-refractivity contribution is 0.142. The highest BCUT2D eigenvalue weighted by Crippen LogP contribution is 2.25. The second-order valence-corrected chi connectivity index (χ2v) is 6.00. The van der Waals surface area contributed by atoms with Crippen LogP contribution in [-0.2, 0) is 0 Å². The Balaban J connectivity index is 1.85. The molecule has 3 heteroatoms. The maximum Gasteiger partial charge on any atom is 0.122 e. The minimum absolute atomic E-state index is 0.152. The number of hydrogen-bond acceptors (Lipinski definition) is 3. The first-order valence-electron chi connectivity index (χ1n) is 7.11. The number of aryl methyl sites for hydroxylation is 2. The summed E-state index contributed by atoms with van der Waals surface area (Å²) in [5.41, 5.74) is 2.15. The molecule has 1 aromatic rings. The molecular weight excluding hydrogens is 238 g/mol. The minimum atomic E-state index is -0.223. The maximum absolute atomic E-state index is 9.54. The van der Waals surface area contributed by atoms with Gasteiger partial charge in [0.25, 0.3) is 0 Å². The standard InChI is InChI=1S/C16H25NO2/c1-12-4-5-13(2)15(10-12)19-9-8-16(3,11-18)17-14-6-7-14/h4-5,10,14,17-18H,6-9,11H2,1-3H3. The summed E-state index contributed by atoms with van der Waals surface area (Å²) < 4.78 is 5.87. The Hall–Kier alpha value is -1.06. The molecule has 1 unspecified atom stereocenters. The van der Waals surface area contributed by atoms with Crippen molar-refractivity contribution in [3.8, 4) is 5.75 Å². The molecule has 19 heavy (non-hydrogen) atoms. The number of benzene rings is 1. The molecule has 0 saturated heterocycles. The maximum atomic E-state index is 9.54. The number of nitrogens with one attached hydrogen (secondary N) is 1. The summed E-state index contributed by atoms with van der Waals surface area (Å²) >= 11 is 0. The van der Waals surface area contributed by atoms with Crippen LogP contribution in [0.15, 0.2) is 18.2 Å². The molecule has 2 N–H and O–H groups in total. The molecule has 1 saturated carbocycles. The summed E-state index contributed by atoms with van der Waals surface area (Å²) in [4.78, 5) is 0. The third-order valence-electron chi connectivity index (χ3n) is 3.73. The van der Waals surface area contributed by atoms with Gasteiger partial charge in [0.1, 0.15) is 5.75 Å². The van der Waals surface area contributed by atoms with Crippen LogP contribution in [0.3, 0.4) is 0 Å². The fourth-order valence-electron chi connectivity index (χ4n) is 2.17. The van der Waals surface area contributed by atoms with Crippen molar-refractivity contribution < 1.29 is 9.84 Å². The summed E-state index contributed by atoms with van der Waals surface area (Å²) in [6.45, 7) is 6.97. The molecule has 3 nitrogen and oxygen atoms in total. The van der Waals surface area contributed by atoms with E-state index in [0.29, 0.717) is 12.6 Å². The second-order valence-electron chi connectivity index (χ2n) is 6.00. The Labute approximate surface area is 116 Å². The van der Waals surface area contributed by atoms with Gasteiger partial charge in [-0.1, -0.05) is 12.1 Å². The van der Waals surface area contributed by atoms with Gasteiger partial charge in [-0.05, 0) is 50.8 Å². The van der Waals surface area contributed by atoms with Crippen LogP contribution >= 0.6 is 0 Å². The van der Waals surface area contributed by atoms with Gasteiger partial charge in [-0.3, -0.25) is 0 Å². The van der Waals surface area contributed by atoms with Crippen molar-refractivity contribution in [1.29, 1.82) is 0 Å². The quantitative estimate of drug-likeness (QED) is 0.794. The van der Waals surface area contributed by atoms with Gasteiger partial charge in [-0.25, -0.2) is 0 Å². The van der Waals surface area contributed by atoms with Gasteiger partial charge in [0.05, 0.1) is 13.2 Å². The van der Waals surface area contributed by atoms with Crippen LogP contribution in [0.25, 0.3) is 0 Å². The molecule has 1 fully saturated rings. The minimum Gasteiger partial charge on any atom is -0.493 e. The summed E-state index contributed by atoms with van der Waals surface area (Å²) in [6.07, 6.45) is 3.27. The lowest BCUT2D eigenvalue weighted by atomic mass is 9.99.